The summed E-state index contributed by atoms with van der Waals surface area (Å²) in [6.07, 6.45) is 1.67. The van der Waals surface area contributed by atoms with Gasteiger partial charge in [-0.15, -0.1) is 0 Å². The van der Waals surface area contributed by atoms with Crippen LogP contribution in [0.1, 0.15) is 4.88 Å². The molecule has 0 bridgehead atoms. The number of hydrogen-bond acceptors (Lipinski definition) is 4. The summed E-state index contributed by atoms with van der Waals surface area (Å²) < 4.78 is 30.6. The van der Waals surface area contributed by atoms with Gasteiger partial charge in [0.1, 0.15) is 0 Å². The molecule has 0 amide bonds. The first kappa shape index (κ1) is 13.7. The van der Waals surface area contributed by atoms with Gasteiger partial charge in [0.05, 0.1) is 4.90 Å². The van der Waals surface area contributed by atoms with Gasteiger partial charge in [-0.2, -0.15) is 4.31 Å². The average molecular weight is 347 g/mol. The average Bonchev–Trinajstić information content (AvgIpc) is 2.81. The Hall–Kier alpha value is -0.760. The predicted octanol–water partition coefficient (Wildman–Crippen LogP) is 2.73. The van der Waals surface area contributed by atoms with Gasteiger partial charge < -0.3 is 0 Å². The van der Waals surface area contributed by atoms with E-state index in [-0.39, 0.29) is 4.90 Å². The van der Waals surface area contributed by atoms with Gasteiger partial charge in [-0.3, -0.25) is 0 Å². The molecule has 0 saturated carbocycles. The Kier molecular flexibility index (Phi) is 4.16. The molecule has 1 aromatic heterocycles. The first-order valence-corrected chi connectivity index (χ1v) is 8.12. The molecular weight excluding hydrogens is 336 g/mol. The van der Waals surface area contributed by atoms with Crippen LogP contribution in [0.3, 0.4) is 0 Å². The standard InChI is InChI=1S/C11H11BrN2O2S2/c1-14(8-10-5-6-13-17-10)18(15,16)11-4-2-3-9(12)7-11/h2-7H,8H2,1H3. The number of halogens is 1. The van der Waals surface area contributed by atoms with Crippen LogP contribution in [0.5, 0.6) is 0 Å². The van der Waals surface area contributed by atoms with Crippen molar-refractivity contribution < 1.29 is 8.42 Å². The summed E-state index contributed by atoms with van der Waals surface area (Å²) in [7, 11) is -1.89. The second kappa shape index (κ2) is 5.48. The van der Waals surface area contributed by atoms with Crippen LogP contribution in [0.4, 0.5) is 0 Å². The number of benzene rings is 1. The fourth-order valence-electron chi connectivity index (χ4n) is 1.44. The molecule has 0 unspecified atom stereocenters. The molecule has 1 heterocycles. The number of rotatable bonds is 4. The zero-order chi connectivity index (χ0) is 13.2. The van der Waals surface area contributed by atoms with Gasteiger partial charge >= 0.3 is 0 Å². The smallest absolute Gasteiger partial charge is 0.207 e. The van der Waals surface area contributed by atoms with Crippen LogP contribution in [-0.4, -0.2) is 24.1 Å². The fraction of sp³-hybridized carbons (Fsp3) is 0.182. The lowest BCUT2D eigenvalue weighted by atomic mass is 10.4. The van der Waals surface area contributed by atoms with Crippen LogP contribution >= 0.6 is 27.5 Å². The zero-order valence-electron chi connectivity index (χ0n) is 9.58. The highest BCUT2D eigenvalue weighted by atomic mass is 79.9. The molecule has 0 N–H and O–H groups in total. The van der Waals surface area contributed by atoms with E-state index in [0.29, 0.717) is 6.54 Å². The third-order valence-corrected chi connectivity index (χ3v) is 5.39. The first-order chi connectivity index (χ1) is 8.50. The SMILES string of the molecule is CN(Cc1ccns1)S(=O)(=O)c1cccc(Br)c1. The second-order valence-electron chi connectivity index (χ2n) is 3.70. The highest BCUT2D eigenvalue weighted by molar-refractivity contribution is 9.10. The minimum Gasteiger partial charge on any atom is -0.207 e. The molecule has 18 heavy (non-hydrogen) atoms. The quantitative estimate of drug-likeness (QED) is 0.855. The zero-order valence-corrected chi connectivity index (χ0v) is 12.8. The van der Waals surface area contributed by atoms with E-state index in [0.717, 1.165) is 9.35 Å². The van der Waals surface area contributed by atoms with Crippen LogP contribution in [0.15, 0.2) is 45.9 Å². The van der Waals surface area contributed by atoms with E-state index in [9.17, 15) is 8.42 Å². The van der Waals surface area contributed by atoms with Crippen molar-refractivity contribution in [2.45, 2.75) is 11.4 Å². The fourth-order valence-corrected chi connectivity index (χ4v) is 3.89. The van der Waals surface area contributed by atoms with E-state index in [1.165, 1.54) is 15.8 Å². The Morgan fingerprint density at radius 1 is 1.39 bits per heavy atom. The largest absolute Gasteiger partial charge is 0.243 e. The maximum absolute atomic E-state index is 12.3. The number of hydrogen-bond donors (Lipinski definition) is 0. The van der Waals surface area contributed by atoms with Crippen molar-refractivity contribution in [3.8, 4) is 0 Å². The van der Waals surface area contributed by atoms with E-state index in [1.54, 1.807) is 37.5 Å². The van der Waals surface area contributed by atoms with Crippen molar-refractivity contribution in [1.82, 2.24) is 8.68 Å². The molecule has 96 valence electrons. The molecule has 0 aliphatic carbocycles. The van der Waals surface area contributed by atoms with Gasteiger partial charge in [-0.05, 0) is 35.8 Å². The molecule has 0 saturated heterocycles. The molecule has 2 rings (SSSR count). The highest BCUT2D eigenvalue weighted by Gasteiger charge is 2.21. The lowest BCUT2D eigenvalue weighted by molar-refractivity contribution is 0.469. The Labute approximate surface area is 119 Å². The molecule has 0 radical (unpaired) electrons. The van der Waals surface area contributed by atoms with Crippen molar-refractivity contribution in [3.63, 3.8) is 0 Å². The van der Waals surface area contributed by atoms with Crippen LogP contribution in [-0.2, 0) is 16.6 Å². The maximum Gasteiger partial charge on any atom is 0.243 e. The van der Waals surface area contributed by atoms with Crippen LogP contribution in [0.25, 0.3) is 0 Å². The Morgan fingerprint density at radius 2 is 2.17 bits per heavy atom. The molecule has 0 spiro atoms. The van der Waals surface area contributed by atoms with Crippen molar-refractivity contribution in [2.24, 2.45) is 0 Å². The molecule has 4 nitrogen and oxygen atoms in total. The third-order valence-electron chi connectivity index (χ3n) is 2.37. The summed E-state index contributed by atoms with van der Waals surface area (Å²) in [5.41, 5.74) is 0. The van der Waals surface area contributed by atoms with Crippen molar-refractivity contribution in [2.75, 3.05) is 7.05 Å². The van der Waals surface area contributed by atoms with E-state index in [2.05, 4.69) is 20.3 Å². The molecule has 0 aliphatic rings. The summed E-state index contributed by atoms with van der Waals surface area (Å²) in [5.74, 6) is 0. The van der Waals surface area contributed by atoms with E-state index >= 15 is 0 Å². The van der Waals surface area contributed by atoms with Gasteiger partial charge in [0, 0.05) is 29.1 Å². The first-order valence-electron chi connectivity index (χ1n) is 5.11. The van der Waals surface area contributed by atoms with Gasteiger partial charge in [0.25, 0.3) is 0 Å². The maximum atomic E-state index is 12.3. The van der Waals surface area contributed by atoms with Crippen molar-refractivity contribution >= 4 is 37.5 Å². The van der Waals surface area contributed by atoms with E-state index < -0.39 is 10.0 Å². The van der Waals surface area contributed by atoms with Gasteiger partial charge in [-0.25, -0.2) is 12.8 Å². The molecule has 0 fully saturated rings. The summed E-state index contributed by atoms with van der Waals surface area (Å²) in [6, 6.07) is 8.50. The molecule has 0 aliphatic heterocycles. The van der Waals surface area contributed by atoms with E-state index in [4.69, 9.17) is 0 Å². The summed E-state index contributed by atoms with van der Waals surface area (Å²) >= 11 is 4.57. The number of sulfonamides is 1. The molecule has 2 aromatic rings. The number of aromatic nitrogens is 1. The topological polar surface area (TPSA) is 50.3 Å². The summed E-state index contributed by atoms with van der Waals surface area (Å²) in [5, 5.41) is 0. The normalized spacial score (nSPS) is 11.9. The van der Waals surface area contributed by atoms with Gasteiger partial charge in [0.2, 0.25) is 10.0 Å². The second-order valence-corrected chi connectivity index (χ2v) is 7.58. The monoisotopic (exact) mass is 346 g/mol. The van der Waals surface area contributed by atoms with E-state index in [1.807, 2.05) is 6.07 Å². The number of nitrogens with zero attached hydrogens (tertiary/aromatic N) is 2. The lowest BCUT2D eigenvalue weighted by Crippen LogP contribution is -2.26. The summed E-state index contributed by atoms with van der Waals surface area (Å²) in [6.45, 7) is 0.333. The lowest BCUT2D eigenvalue weighted by Gasteiger charge is -2.16. The molecule has 7 heteroatoms. The Balaban J connectivity index is 2.25. The highest BCUT2D eigenvalue weighted by Crippen LogP contribution is 2.21. The van der Waals surface area contributed by atoms with Crippen LogP contribution in [0, 0.1) is 0 Å². The minimum atomic E-state index is -3.46. The van der Waals surface area contributed by atoms with Gasteiger partial charge in [0.15, 0.2) is 0 Å². The van der Waals surface area contributed by atoms with Crippen LogP contribution in [0.2, 0.25) is 0 Å². The predicted molar refractivity (Wildman–Crippen MR) is 74.9 cm³/mol. The third kappa shape index (κ3) is 2.97. The molecule has 1 aromatic carbocycles. The Morgan fingerprint density at radius 3 is 2.78 bits per heavy atom. The van der Waals surface area contributed by atoms with Crippen molar-refractivity contribution in [1.29, 1.82) is 0 Å². The molecular formula is C11H11BrN2O2S2. The van der Waals surface area contributed by atoms with Crippen molar-refractivity contribution in [3.05, 3.63) is 45.9 Å². The minimum absolute atomic E-state index is 0.281. The summed E-state index contributed by atoms with van der Waals surface area (Å²) in [4.78, 5) is 1.19. The van der Waals surface area contributed by atoms with Gasteiger partial charge in [-0.1, -0.05) is 22.0 Å². The molecule has 0 atom stereocenters. The Bertz CT molecular complexity index is 626. The van der Waals surface area contributed by atoms with Crippen LogP contribution < -0.4 is 0 Å².